The number of fused-ring (bicyclic) bond motifs is 1. The van der Waals surface area contributed by atoms with E-state index in [1.54, 1.807) is 10.7 Å². The van der Waals surface area contributed by atoms with Gasteiger partial charge in [-0.2, -0.15) is 9.61 Å². The van der Waals surface area contributed by atoms with E-state index >= 15 is 0 Å². The number of hydrogen-bond acceptors (Lipinski definition) is 4. The fraction of sp³-hybridized carbons (Fsp3) is 0. The van der Waals surface area contributed by atoms with Gasteiger partial charge in [0, 0.05) is 5.56 Å². The van der Waals surface area contributed by atoms with E-state index in [4.69, 9.17) is 0 Å². The van der Waals surface area contributed by atoms with Gasteiger partial charge in [-0.1, -0.05) is 54.6 Å². The molecule has 0 saturated heterocycles. The molecule has 0 amide bonds. The Morgan fingerprint density at radius 1 is 0.762 bits per heavy atom. The van der Waals surface area contributed by atoms with Gasteiger partial charge in [-0.3, -0.25) is 0 Å². The van der Waals surface area contributed by atoms with Gasteiger partial charge in [0.1, 0.15) is 6.33 Å². The van der Waals surface area contributed by atoms with Gasteiger partial charge in [0.15, 0.2) is 0 Å². The predicted octanol–water partition coefficient (Wildman–Crippen LogP) is 2.85. The van der Waals surface area contributed by atoms with Crippen LogP contribution in [-0.4, -0.2) is 24.8 Å². The smallest absolute Gasteiger partial charge is 0.208 e. The third-order valence-corrected chi connectivity index (χ3v) is 3.33. The Morgan fingerprint density at radius 3 is 2.29 bits per heavy atom. The van der Waals surface area contributed by atoms with Crippen LogP contribution in [0.2, 0.25) is 0 Å². The van der Waals surface area contributed by atoms with Crippen LogP contribution < -0.4 is 0 Å². The summed E-state index contributed by atoms with van der Waals surface area (Å²) in [5.74, 6) is 0.500. The molecule has 2 heterocycles. The number of hydrogen-bond donors (Lipinski definition) is 0. The van der Waals surface area contributed by atoms with E-state index < -0.39 is 0 Å². The summed E-state index contributed by atoms with van der Waals surface area (Å²) in [5.41, 5.74) is 4.17. The molecule has 0 N–H and O–H groups in total. The zero-order valence-corrected chi connectivity index (χ0v) is 11.1. The van der Waals surface area contributed by atoms with E-state index in [1.807, 2.05) is 30.3 Å². The molecule has 0 atom stereocenters. The van der Waals surface area contributed by atoms with Crippen LogP contribution in [0, 0.1) is 0 Å². The summed E-state index contributed by atoms with van der Waals surface area (Å²) < 4.78 is 1.54. The van der Waals surface area contributed by atoms with Gasteiger partial charge in [0.25, 0.3) is 5.78 Å². The van der Waals surface area contributed by atoms with Crippen LogP contribution in [0.4, 0.5) is 0 Å². The standard InChI is InChI=1S/C16H11N5/c1-2-4-12(5-3-1)13-6-8-14(9-7-13)15-10-18-21-11-17-20-16(21)19-15/h1-11H. The van der Waals surface area contributed by atoms with Gasteiger partial charge in [-0.05, 0) is 11.1 Å². The zero-order valence-electron chi connectivity index (χ0n) is 11.1. The highest BCUT2D eigenvalue weighted by Gasteiger charge is 2.04. The molecular formula is C16H11N5. The molecule has 2 aromatic heterocycles. The minimum atomic E-state index is 0.500. The number of benzene rings is 2. The Kier molecular flexibility index (Phi) is 2.67. The molecule has 0 aliphatic rings. The molecule has 0 aliphatic carbocycles. The lowest BCUT2D eigenvalue weighted by Crippen LogP contribution is -1.95. The first kappa shape index (κ1) is 11.7. The molecular weight excluding hydrogens is 262 g/mol. The molecule has 0 spiro atoms. The Hall–Kier alpha value is -3.08. The quantitative estimate of drug-likeness (QED) is 0.563. The second kappa shape index (κ2) is 4.79. The van der Waals surface area contributed by atoms with Gasteiger partial charge in [-0.15, -0.1) is 10.2 Å². The SMILES string of the molecule is c1ccc(-c2ccc(-c3cnn4cnnc4n3)cc2)cc1. The third-order valence-electron chi connectivity index (χ3n) is 3.33. The normalized spacial score (nSPS) is 10.9. The summed E-state index contributed by atoms with van der Waals surface area (Å²) in [5, 5.41) is 11.9. The van der Waals surface area contributed by atoms with Crippen LogP contribution in [-0.2, 0) is 0 Å². The van der Waals surface area contributed by atoms with Crippen molar-refractivity contribution in [3.8, 4) is 22.4 Å². The fourth-order valence-corrected chi connectivity index (χ4v) is 2.24. The summed E-state index contributed by atoms with van der Waals surface area (Å²) >= 11 is 0. The zero-order chi connectivity index (χ0) is 14.1. The molecule has 21 heavy (non-hydrogen) atoms. The third kappa shape index (κ3) is 2.14. The van der Waals surface area contributed by atoms with E-state index in [1.165, 1.54) is 17.5 Å². The molecule has 0 fully saturated rings. The summed E-state index contributed by atoms with van der Waals surface area (Å²) in [6.07, 6.45) is 3.25. The van der Waals surface area contributed by atoms with Crippen LogP contribution in [0.3, 0.4) is 0 Å². The average molecular weight is 273 g/mol. The average Bonchev–Trinajstić information content (AvgIpc) is 3.03. The number of nitrogens with zero attached hydrogens (tertiary/aromatic N) is 5. The van der Waals surface area contributed by atoms with Crippen molar-refractivity contribution in [3.05, 3.63) is 67.1 Å². The first-order valence-electron chi connectivity index (χ1n) is 6.59. The van der Waals surface area contributed by atoms with E-state index in [-0.39, 0.29) is 0 Å². The predicted molar refractivity (Wildman–Crippen MR) is 79.4 cm³/mol. The monoisotopic (exact) mass is 273 g/mol. The Bertz CT molecular complexity index is 881. The molecule has 4 rings (SSSR count). The van der Waals surface area contributed by atoms with Gasteiger partial charge in [-0.25, -0.2) is 4.98 Å². The largest absolute Gasteiger partial charge is 0.272 e. The molecule has 0 bridgehead atoms. The van der Waals surface area contributed by atoms with Crippen molar-refractivity contribution in [2.45, 2.75) is 0 Å². The van der Waals surface area contributed by atoms with Crippen molar-refractivity contribution in [2.24, 2.45) is 0 Å². The van der Waals surface area contributed by atoms with Crippen LogP contribution in [0.25, 0.3) is 28.2 Å². The summed E-state index contributed by atoms with van der Waals surface area (Å²) in [6, 6.07) is 18.5. The second-order valence-corrected chi connectivity index (χ2v) is 4.66. The van der Waals surface area contributed by atoms with Crippen molar-refractivity contribution in [1.29, 1.82) is 0 Å². The second-order valence-electron chi connectivity index (χ2n) is 4.66. The fourth-order valence-electron chi connectivity index (χ4n) is 2.24. The molecule has 0 saturated carbocycles. The molecule has 0 radical (unpaired) electrons. The maximum atomic E-state index is 4.43. The van der Waals surface area contributed by atoms with Crippen LogP contribution >= 0.6 is 0 Å². The minimum absolute atomic E-state index is 0.500. The highest BCUT2D eigenvalue weighted by molar-refractivity contribution is 5.68. The molecule has 0 unspecified atom stereocenters. The molecule has 4 aromatic rings. The molecule has 0 aliphatic heterocycles. The first-order valence-corrected chi connectivity index (χ1v) is 6.59. The van der Waals surface area contributed by atoms with Crippen molar-refractivity contribution < 1.29 is 0 Å². The van der Waals surface area contributed by atoms with Crippen molar-refractivity contribution >= 4 is 5.78 Å². The molecule has 2 aromatic carbocycles. The topological polar surface area (TPSA) is 56.0 Å². The lowest BCUT2D eigenvalue weighted by atomic mass is 10.0. The first-order chi connectivity index (χ1) is 10.4. The lowest BCUT2D eigenvalue weighted by Gasteiger charge is -2.04. The van der Waals surface area contributed by atoms with Gasteiger partial charge in [0.05, 0.1) is 11.9 Å². The van der Waals surface area contributed by atoms with Gasteiger partial charge < -0.3 is 0 Å². The van der Waals surface area contributed by atoms with Crippen molar-refractivity contribution in [1.82, 2.24) is 24.8 Å². The maximum absolute atomic E-state index is 4.43. The van der Waals surface area contributed by atoms with Crippen molar-refractivity contribution in [3.63, 3.8) is 0 Å². The van der Waals surface area contributed by atoms with Crippen LogP contribution in [0.1, 0.15) is 0 Å². The van der Waals surface area contributed by atoms with E-state index in [2.05, 4.69) is 44.5 Å². The molecule has 100 valence electrons. The van der Waals surface area contributed by atoms with Gasteiger partial charge in [0.2, 0.25) is 0 Å². The summed E-state index contributed by atoms with van der Waals surface area (Å²) in [6.45, 7) is 0. The van der Waals surface area contributed by atoms with E-state index in [0.717, 1.165) is 11.3 Å². The van der Waals surface area contributed by atoms with Crippen LogP contribution in [0.5, 0.6) is 0 Å². The Balaban J connectivity index is 1.72. The number of rotatable bonds is 2. The highest BCUT2D eigenvalue weighted by atomic mass is 15.4. The molecule has 5 heteroatoms. The summed E-state index contributed by atoms with van der Waals surface area (Å²) in [7, 11) is 0. The van der Waals surface area contributed by atoms with E-state index in [9.17, 15) is 0 Å². The molecule has 5 nitrogen and oxygen atoms in total. The summed E-state index contributed by atoms with van der Waals surface area (Å²) in [4.78, 5) is 4.43. The number of aromatic nitrogens is 5. The van der Waals surface area contributed by atoms with Gasteiger partial charge >= 0.3 is 0 Å². The highest BCUT2D eigenvalue weighted by Crippen LogP contribution is 2.23. The van der Waals surface area contributed by atoms with Crippen LogP contribution in [0.15, 0.2) is 67.1 Å². The minimum Gasteiger partial charge on any atom is -0.208 e. The van der Waals surface area contributed by atoms with Crippen molar-refractivity contribution in [2.75, 3.05) is 0 Å². The lowest BCUT2D eigenvalue weighted by molar-refractivity contribution is 0.901. The maximum Gasteiger partial charge on any atom is 0.272 e. The Morgan fingerprint density at radius 2 is 1.48 bits per heavy atom. The Labute approximate surface area is 120 Å². The van der Waals surface area contributed by atoms with E-state index in [0.29, 0.717) is 5.78 Å².